The van der Waals surface area contributed by atoms with Gasteiger partial charge in [0.25, 0.3) is 5.56 Å². The summed E-state index contributed by atoms with van der Waals surface area (Å²) in [6, 6.07) is 11.4. The number of rotatable bonds is 4. The molecule has 1 heterocycles. The third kappa shape index (κ3) is 3.70. The van der Waals surface area contributed by atoms with Crippen molar-refractivity contribution in [2.24, 2.45) is 7.05 Å². The fraction of sp³-hybridized carbons (Fsp3) is 0.250. The van der Waals surface area contributed by atoms with Gasteiger partial charge in [-0.15, -0.1) is 0 Å². The third-order valence-electron chi connectivity index (χ3n) is 4.68. The molecular weight excluding hydrogens is 399 g/mol. The monoisotopic (exact) mass is 418 g/mol. The van der Waals surface area contributed by atoms with E-state index in [9.17, 15) is 9.59 Å². The molecule has 0 spiro atoms. The number of fused-ring (bicyclic) bond motifs is 1. The molecule has 0 saturated heterocycles. The second-order valence-corrected chi connectivity index (χ2v) is 7.20. The molecule has 3 aromatic rings. The molecule has 6 nitrogen and oxygen atoms in total. The summed E-state index contributed by atoms with van der Waals surface area (Å²) >= 11 is 12.2. The molecule has 0 fully saturated rings. The molecule has 1 atom stereocenters. The van der Waals surface area contributed by atoms with E-state index < -0.39 is 6.04 Å². The van der Waals surface area contributed by atoms with Crippen LogP contribution in [0.15, 0.2) is 47.3 Å². The highest BCUT2D eigenvalue weighted by molar-refractivity contribution is 6.43. The van der Waals surface area contributed by atoms with E-state index in [-0.39, 0.29) is 16.6 Å². The van der Waals surface area contributed by atoms with E-state index in [0.29, 0.717) is 33.9 Å². The Morgan fingerprint density at radius 3 is 2.64 bits per heavy atom. The standard InChI is InChI=1S/C20H20Cl2N4O2/c1-4-16(18-23-14-10-6-5-8-12(14)19(27)26(18)3)25(2)20(28)24-15-11-7-9-13(21)17(15)22/h5-11,16H,4H2,1-3H3,(H,24,28). The van der Waals surface area contributed by atoms with Gasteiger partial charge in [-0.2, -0.15) is 0 Å². The molecule has 28 heavy (non-hydrogen) atoms. The lowest BCUT2D eigenvalue weighted by Crippen LogP contribution is -2.38. The summed E-state index contributed by atoms with van der Waals surface area (Å²) in [7, 11) is 3.32. The highest BCUT2D eigenvalue weighted by Crippen LogP contribution is 2.30. The number of aromatic nitrogens is 2. The Morgan fingerprint density at radius 1 is 1.21 bits per heavy atom. The summed E-state index contributed by atoms with van der Waals surface area (Å²) < 4.78 is 1.49. The maximum absolute atomic E-state index is 12.8. The van der Waals surface area contributed by atoms with Crippen LogP contribution in [0.3, 0.4) is 0 Å². The Kier molecular flexibility index (Phi) is 5.91. The third-order valence-corrected chi connectivity index (χ3v) is 5.50. The molecule has 0 aliphatic heterocycles. The molecule has 8 heteroatoms. The van der Waals surface area contributed by atoms with Crippen molar-refractivity contribution in [3.63, 3.8) is 0 Å². The SMILES string of the molecule is CCC(c1nc2ccccc2c(=O)n1C)N(C)C(=O)Nc1cccc(Cl)c1Cl. The summed E-state index contributed by atoms with van der Waals surface area (Å²) in [5.41, 5.74) is 0.873. The minimum Gasteiger partial charge on any atom is -0.317 e. The van der Waals surface area contributed by atoms with Crippen LogP contribution in [0.5, 0.6) is 0 Å². The lowest BCUT2D eigenvalue weighted by molar-refractivity contribution is 0.198. The maximum atomic E-state index is 12.8. The number of anilines is 1. The van der Waals surface area contributed by atoms with Crippen molar-refractivity contribution < 1.29 is 4.79 Å². The molecule has 1 aromatic heterocycles. The van der Waals surface area contributed by atoms with Crippen LogP contribution in [0.1, 0.15) is 25.2 Å². The van der Waals surface area contributed by atoms with Gasteiger partial charge in [-0.05, 0) is 30.7 Å². The summed E-state index contributed by atoms with van der Waals surface area (Å²) in [6.07, 6.45) is 0.575. The van der Waals surface area contributed by atoms with Gasteiger partial charge in [0.2, 0.25) is 0 Å². The van der Waals surface area contributed by atoms with Crippen LogP contribution in [0, 0.1) is 0 Å². The number of hydrogen-bond donors (Lipinski definition) is 1. The Balaban J connectivity index is 1.95. The fourth-order valence-corrected chi connectivity index (χ4v) is 3.46. The topological polar surface area (TPSA) is 67.2 Å². The van der Waals surface area contributed by atoms with Crippen molar-refractivity contribution in [3.05, 3.63) is 68.7 Å². The van der Waals surface area contributed by atoms with Gasteiger partial charge < -0.3 is 10.2 Å². The quantitative estimate of drug-likeness (QED) is 0.657. The van der Waals surface area contributed by atoms with Crippen LogP contribution < -0.4 is 10.9 Å². The van der Waals surface area contributed by atoms with Crippen molar-refractivity contribution in [2.45, 2.75) is 19.4 Å². The Morgan fingerprint density at radius 2 is 1.93 bits per heavy atom. The van der Waals surface area contributed by atoms with Gasteiger partial charge in [-0.3, -0.25) is 9.36 Å². The molecule has 2 amide bonds. The van der Waals surface area contributed by atoms with Gasteiger partial charge in [0.05, 0.1) is 32.7 Å². The molecule has 1 N–H and O–H groups in total. The van der Waals surface area contributed by atoms with Crippen LogP contribution in [-0.4, -0.2) is 27.5 Å². The number of para-hydroxylation sites is 1. The van der Waals surface area contributed by atoms with Gasteiger partial charge >= 0.3 is 6.03 Å². The number of amides is 2. The first-order chi connectivity index (χ1) is 13.3. The van der Waals surface area contributed by atoms with Crippen LogP contribution >= 0.6 is 23.2 Å². The maximum Gasteiger partial charge on any atom is 0.322 e. The molecule has 3 rings (SSSR count). The number of carbonyl (C=O) groups is 1. The second kappa shape index (κ2) is 8.20. The van der Waals surface area contributed by atoms with Gasteiger partial charge in [-0.25, -0.2) is 9.78 Å². The van der Waals surface area contributed by atoms with E-state index in [1.807, 2.05) is 13.0 Å². The molecular formula is C20H20Cl2N4O2. The lowest BCUT2D eigenvalue weighted by Gasteiger charge is -2.28. The summed E-state index contributed by atoms with van der Waals surface area (Å²) in [5.74, 6) is 0.515. The zero-order chi connectivity index (χ0) is 20.4. The average molecular weight is 419 g/mol. The van der Waals surface area contributed by atoms with Crippen LogP contribution in [0.4, 0.5) is 10.5 Å². The number of nitrogens with zero attached hydrogens (tertiary/aromatic N) is 3. The van der Waals surface area contributed by atoms with Crippen molar-refractivity contribution in [1.82, 2.24) is 14.5 Å². The van der Waals surface area contributed by atoms with E-state index in [4.69, 9.17) is 23.2 Å². The molecule has 0 aliphatic carbocycles. The highest BCUT2D eigenvalue weighted by atomic mass is 35.5. The minimum absolute atomic E-state index is 0.147. The van der Waals surface area contributed by atoms with Crippen molar-refractivity contribution >= 4 is 45.8 Å². The minimum atomic E-state index is -0.403. The smallest absolute Gasteiger partial charge is 0.317 e. The zero-order valence-electron chi connectivity index (χ0n) is 15.7. The predicted octanol–water partition coefficient (Wildman–Crippen LogP) is 4.86. The van der Waals surface area contributed by atoms with E-state index in [0.717, 1.165) is 0 Å². The number of benzene rings is 2. The van der Waals surface area contributed by atoms with Crippen molar-refractivity contribution in [3.8, 4) is 0 Å². The van der Waals surface area contributed by atoms with E-state index >= 15 is 0 Å². The molecule has 0 bridgehead atoms. The molecule has 2 aromatic carbocycles. The predicted molar refractivity (Wildman–Crippen MR) is 113 cm³/mol. The van der Waals surface area contributed by atoms with Gasteiger partial charge in [0.15, 0.2) is 0 Å². The summed E-state index contributed by atoms with van der Waals surface area (Å²) in [5, 5.41) is 3.93. The Labute approximate surface area is 172 Å². The molecule has 0 radical (unpaired) electrons. The first-order valence-corrected chi connectivity index (χ1v) is 9.54. The van der Waals surface area contributed by atoms with Gasteiger partial charge in [0, 0.05) is 14.1 Å². The van der Waals surface area contributed by atoms with Crippen LogP contribution in [0.25, 0.3) is 10.9 Å². The second-order valence-electron chi connectivity index (χ2n) is 6.42. The molecule has 1 unspecified atom stereocenters. The number of halogens is 2. The summed E-state index contributed by atoms with van der Waals surface area (Å²) in [4.78, 5) is 31.7. The van der Waals surface area contributed by atoms with Crippen molar-refractivity contribution in [1.29, 1.82) is 0 Å². The number of nitrogens with one attached hydrogen (secondary N) is 1. The number of hydrogen-bond acceptors (Lipinski definition) is 3. The van der Waals surface area contributed by atoms with Crippen LogP contribution in [0.2, 0.25) is 10.0 Å². The summed E-state index contributed by atoms with van der Waals surface area (Å²) in [6.45, 7) is 1.93. The van der Waals surface area contributed by atoms with E-state index in [1.165, 1.54) is 9.47 Å². The number of carbonyl (C=O) groups excluding carboxylic acids is 1. The lowest BCUT2D eigenvalue weighted by atomic mass is 10.1. The Hall–Kier alpha value is -2.57. The first-order valence-electron chi connectivity index (χ1n) is 8.78. The van der Waals surface area contributed by atoms with Gasteiger partial charge in [-0.1, -0.05) is 48.3 Å². The zero-order valence-corrected chi connectivity index (χ0v) is 17.3. The largest absolute Gasteiger partial charge is 0.322 e. The highest BCUT2D eigenvalue weighted by Gasteiger charge is 2.25. The van der Waals surface area contributed by atoms with E-state index in [2.05, 4.69) is 10.3 Å². The van der Waals surface area contributed by atoms with Gasteiger partial charge in [0.1, 0.15) is 5.82 Å². The Bertz CT molecular complexity index is 1100. The van der Waals surface area contributed by atoms with Crippen molar-refractivity contribution in [2.75, 3.05) is 12.4 Å². The van der Waals surface area contributed by atoms with E-state index in [1.54, 1.807) is 50.5 Å². The number of urea groups is 1. The first kappa shape index (κ1) is 20.2. The average Bonchev–Trinajstić information content (AvgIpc) is 2.69. The molecule has 0 saturated carbocycles. The fourth-order valence-electron chi connectivity index (χ4n) is 3.11. The molecule has 0 aliphatic rings. The normalized spacial score (nSPS) is 12.0. The molecule has 146 valence electrons. The van der Waals surface area contributed by atoms with Crippen LogP contribution in [-0.2, 0) is 7.05 Å².